The summed E-state index contributed by atoms with van der Waals surface area (Å²) in [6.07, 6.45) is 5.68. The maximum Gasteiger partial charge on any atom is 0.221 e. The van der Waals surface area contributed by atoms with Crippen LogP contribution >= 0.6 is 0 Å². The number of rotatable bonds is 5. The third kappa shape index (κ3) is 6.63. The van der Waals surface area contributed by atoms with Crippen molar-refractivity contribution in [1.29, 1.82) is 0 Å². The first-order chi connectivity index (χ1) is 7.87. The minimum atomic E-state index is -3.19. The molecule has 1 aliphatic rings. The molecule has 0 heterocycles. The lowest BCUT2D eigenvalue weighted by atomic mass is 9.87. The zero-order chi connectivity index (χ0) is 12.9. The van der Waals surface area contributed by atoms with E-state index in [0.29, 0.717) is 0 Å². The molecule has 0 radical (unpaired) electrons. The lowest BCUT2D eigenvalue weighted by molar-refractivity contribution is -0.121. The molecule has 0 aromatic rings. The highest BCUT2D eigenvalue weighted by Crippen LogP contribution is 2.23. The van der Waals surface area contributed by atoms with Gasteiger partial charge in [0, 0.05) is 19.0 Å². The molecular formula is C11H22N2O3S. The SMILES string of the molecule is CC1CCC(NC(=O)CCNS(C)(=O)=O)CC1. The summed E-state index contributed by atoms with van der Waals surface area (Å²) in [5, 5.41) is 2.95. The van der Waals surface area contributed by atoms with E-state index in [4.69, 9.17) is 0 Å². The average Bonchev–Trinajstić information content (AvgIpc) is 2.19. The Morgan fingerprint density at radius 3 is 2.35 bits per heavy atom. The van der Waals surface area contributed by atoms with E-state index in [1.165, 1.54) is 0 Å². The van der Waals surface area contributed by atoms with Crippen molar-refractivity contribution in [2.45, 2.75) is 45.1 Å². The molecule has 0 atom stereocenters. The number of amides is 1. The summed E-state index contributed by atoms with van der Waals surface area (Å²) in [6.45, 7) is 2.40. The second-order valence-corrected chi connectivity index (χ2v) is 6.77. The second kappa shape index (κ2) is 6.35. The van der Waals surface area contributed by atoms with Crippen molar-refractivity contribution in [1.82, 2.24) is 10.0 Å². The molecule has 0 aromatic carbocycles. The highest BCUT2D eigenvalue weighted by Gasteiger charge is 2.19. The Hall–Kier alpha value is -0.620. The first kappa shape index (κ1) is 14.4. The van der Waals surface area contributed by atoms with Crippen molar-refractivity contribution >= 4 is 15.9 Å². The first-order valence-corrected chi connectivity index (χ1v) is 8.00. The molecule has 0 saturated heterocycles. The monoisotopic (exact) mass is 262 g/mol. The molecule has 0 aromatic heterocycles. The molecule has 1 aliphatic carbocycles. The van der Waals surface area contributed by atoms with Gasteiger partial charge in [0.15, 0.2) is 0 Å². The van der Waals surface area contributed by atoms with Gasteiger partial charge in [-0.05, 0) is 31.6 Å². The van der Waals surface area contributed by atoms with E-state index in [-0.39, 0.29) is 24.9 Å². The van der Waals surface area contributed by atoms with E-state index in [2.05, 4.69) is 17.0 Å². The van der Waals surface area contributed by atoms with Gasteiger partial charge in [0.25, 0.3) is 0 Å². The van der Waals surface area contributed by atoms with Crippen molar-refractivity contribution in [2.75, 3.05) is 12.8 Å². The Kier molecular flexibility index (Phi) is 5.39. The van der Waals surface area contributed by atoms with Crippen LogP contribution in [-0.4, -0.2) is 33.2 Å². The van der Waals surface area contributed by atoms with Crippen LogP contribution in [0.5, 0.6) is 0 Å². The molecule has 0 aliphatic heterocycles. The zero-order valence-corrected chi connectivity index (χ0v) is 11.3. The summed E-state index contributed by atoms with van der Waals surface area (Å²) in [5.41, 5.74) is 0. The summed E-state index contributed by atoms with van der Waals surface area (Å²) < 4.78 is 23.9. The summed E-state index contributed by atoms with van der Waals surface area (Å²) in [6, 6.07) is 0.275. The number of hydrogen-bond acceptors (Lipinski definition) is 3. The topological polar surface area (TPSA) is 75.3 Å². The second-order valence-electron chi connectivity index (χ2n) is 4.94. The standard InChI is InChI=1S/C11H22N2O3S/c1-9-3-5-10(6-4-9)13-11(14)7-8-12-17(2,15)16/h9-10,12H,3-8H2,1-2H3,(H,13,14). The Morgan fingerprint density at radius 2 is 1.82 bits per heavy atom. The van der Waals surface area contributed by atoms with Crippen molar-refractivity contribution in [2.24, 2.45) is 5.92 Å². The van der Waals surface area contributed by atoms with Gasteiger partial charge in [0.1, 0.15) is 0 Å². The zero-order valence-electron chi connectivity index (χ0n) is 10.5. The van der Waals surface area contributed by atoms with Crippen LogP contribution in [0.25, 0.3) is 0 Å². The van der Waals surface area contributed by atoms with E-state index in [1.54, 1.807) is 0 Å². The Balaban J connectivity index is 2.17. The highest BCUT2D eigenvalue weighted by atomic mass is 32.2. The predicted octanol–water partition coefficient (Wildman–Crippen LogP) is 0.621. The predicted molar refractivity (Wildman–Crippen MR) is 67.0 cm³/mol. The quantitative estimate of drug-likeness (QED) is 0.762. The summed E-state index contributed by atoms with van der Waals surface area (Å²) in [5.74, 6) is 0.691. The van der Waals surface area contributed by atoms with Gasteiger partial charge in [-0.15, -0.1) is 0 Å². The maximum atomic E-state index is 11.5. The number of sulfonamides is 1. The van der Waals surface area contributed by atoms with E-state index in [1.807, 2.05) is 0 Å². The smallest absolute Gasteiger partial charge is 0.221 e. The molecule has 1 amide bonds. The van der Waals surface area contributed by atoms with Crippen LogP contribution in [0, 0.1) is 5.92 Å². The lowest BCUT2D eigenvalue weighted by Crippen LogP contribution is -2.38. The molecule has 0 bridgehead atoms. The lowest BCUT2D eigenvalue weighted by Gasteiger charge is -2.26. The third-order valence-corrected chi connectivity index (χ3v) is 3.83. The van der Waals surface area contributed by atoms with Gasteiger partial charge in [0.05, 0.1) is 6.26 Å². The number of carbonyl (C=O) groups is 1. The van der Waals surface area contributed by atoms with Crippen LogP contribution in [0.1, 0.15) is 39.0 Å². The minimum absolute atomic E-state index is 0.0688. The molecule has 1 rings (SSSR count). The normalized spacial score (nSPS) is 25.5. The van der Waals surface area contributed by atoms with E-state index >= 15 is 0 Å². The largest absolute Gasteiger partial charge is 0.353 e. The molecule has 0 spiro atoms. The van der Waals surface area contributed by atoms with Crippen LogP contribution in [-0.2, 0) is 14.8 Å². The highest BCUT2D eigenvalue weighted by molar-refractivity contribution is 7.88. The third-order valence-electron chi connectivity index (χ3n) is 3.10. The van der Waals surface area contributed by atoms with Gasteiger partial charge in [-0.25, -0.2) is 13.1 Å². The molecular weight excluding hydrogens is 240 g/mol. The molecule has 5 nitrogen and oxygen atoms in total. The van der Waals surface area contributed by atoms with E-state index in [9.17, 15) is 13.2 Å². The van der Waals surface area contributed by atoms with Gasteiger partial charge in [0.2, 0.25) is 15.9 Å². The number of hydrogen-bond donors (Lipinski definition) is 2. The van der Waals surface area contributed by atoms with E-state index in [0.717, 1.165) is 37.9 Å². The number of carbonyl (C=O) groups excluding carboxylic acids is 1. The van der Waals surface area contributed by atoms with Gasteiger partial charge in [-0.3, -0.25) is 4.79 Å². The van der Waals surface area contributed by atoms with Crippen LogP contribution in [0.15, 0.2) is 0 Å². The van der Waals surface area contributed by atoms with Gasteiger partial charge in [-0.1, -0.05) is 6.92 Å². The first-order valence-electron chi connectivity index (χ1n) is 6.11. The van der Waals surface area contributed by atoms with Gasteiger partial charge < -0.3 is 5.32 Å². The fourth-order valence-electron chi connectivity index (χ4n) is 2.05. The van der Waals surface area contributed by atoms with Gasteiger partial charge >= 0.3 is 0 Å². The molecule has 1 saturated carbocycles. The number of nitrogens with one attached hydrogen (secondary N) is 2. The Labute approximate surface area is 103 Å². The fourth-order valence-corrected chi connectivity index (χ4v) is 2.53. The molecule has 2 N–H and O–H groups in total. The van der Waals surface area contributed by atoms with Crippen molar-refractivity contribution in [3.8, 4) is 0 Å². The van der Waals surface area contributed by atoms with Crippen molar-refractivity contribution in [3.63, 3.8) is 0 Å². The Bertz CT molecular complexity index is 346. The van der Waals surface area contributed by atoms with Crippen LogP contribution in [0.2, 0.25) is 0 Å². The summed E-state index contributed by atoms with van der Waals surface area (Å²) in [7, 11) is -3.19. The Morgan fingerprint density at radius 1 is 1.24 bits per heavy atom. The average molecular weight is 262 g/mol. The van der Waals surface area contributed by atoms with E-state index < -0.39 is 10.0 Å². The van der Waals surface area contributed by atoms with Crippen LogP contribution < -0.4 is 10.0 Å². The van der Waals surface area contributed by atoms with Crippen LogP contribution in [0.4, 0.5) is 0 Å². The maximum absolute atomic E-state index is 11.5. The molecule has 0 unspecified atom stereocenters. The molecule has 1 fully saturated rings. The fraction of sp³-hybridized carbons (Fsp3) is 0.909. The minimum Gasteiger partial charge on any atom is -0.353 e. The van der Waals surface area contributed by atoms with Crippen molar-refractivity contribution in [3.05, 3.63) is 0 Å². The van der Waals surface area contributed by atoms with Gasteiger partial charge in [-0.2, -0.15) is 0 Å². The van der Waals surface area contributed by atoms with Crippen LogP contribution in [0.3, 0.4) is 0 Å². The molecule has 6 heteroatoms. The summed E-state index contributed by atoms with van der Waals surface area (Å²) in [4.78, 5) is 11.5. The van der Waals surface area contributed by atoms with Crippen molar-refractivity contribution < 1.29 is 13.2 Å². The molecule has 17 heavy (non-hydrogen) atoms. The molecule has 100 valence electrons. The summed E-state index contributed by atoms with van der Waals surface area (Å²) >= 11 is 0.